The molecule has 2 heterocycles. The molecule has 0 bridgehead atoms. The Hall–Kier alpha value is -1.42. The standard InChI is InChI=1S/C8H6N2OS/c9-7-1-2-10-8-6(7)3-5(4-11)12-8/h1-4H,(H2,9,10). The minimum Gasteiger partial charge on any atom is -0.398 e. The third-order valence-corrected chi connectivity index (χ3v) is 2.57. The predicted molar refractivity (Wildman–Crippen MR) is 49.4 cm³/mol. The first-order chi connectivity index (χ1) is 5.81. The second-order valence-corrected chi connectivity index (χ2v) is 3.45. The molecule has 0 unspecified atom stereocenters. The van der Waals surface area contributed by atoms with Crippen LogP contribution in [0.15, 0.2) is 18.3 Å². The summed E-state index contributed by atoms with van der Waals surface area (Å²) >= 11 is 1.35. The molecule has 0 atom stereocenters. The molecule has 3 nitrogen and oxygen atoms in total. The van der Waals surface area contributed by atoms with Gasteiger partial charge in [0.05, 0.1) is 4.88 Å². The summed E-state index contributed by atoms with van der Waals surface area (Å²) in [7, 11) is 0. The molecule has 0 radical (unpaired) electrons. The summed E-state index contributed by atoms with van der Waals surface area (Å²) < 4.78 is 0. The lowest BCUT2D eigenvalue weighted by atomic mass is 10.3. The SMILES string of the molecule is Nc1ccnc2sc(C=O)cc12. The average molecular weight is 178 g/mol. The Morgan fingerprint density at radius 3 is 3.08 bits per heavy atom. The molecule has 4 heteroatoms. The minimum absolute atomic E-state index is 0.662. The zero-order chi connectivity index (χ0) is 8.55. The maximum absolute atomic E-state index is 10.4. The summed E-state index contributed by atoms with van der Waals surface area (Å²) in [4.78, 5) is 16.0. The van der Waals surface area contributed by atoms with Crippen LogP contribution < -0.4 is 5.73 Å². The van der Waals surface area contributed by atoms with Crippen LogP contribution in [0.4, 0.5) is 5.69 Å². The molecular formula is C8H6N2OS. The van der Waals surface area contributed by atoms with Crippen molar-refractivity contribution in [2.75, 3.05) is 5.73 Å². The van der Waals surface area contributed by atoms with Crippen molar-refractivity contribution in [3.05, 3.63) is 23.2 Å². The van der Waals surface area contributed by atoms with E-state index in [0.29, 0.717) is 10.6 Å². The molecule has 0 aromatic carbocycles. The Labute approximate surface area is 72.8 Å². The molecule has 2 N–H and O–H groups in total. The molecular weight excluding hydrogens is 172 g/mol. The number of thiophene rings is 1. The molecule has 0 aliphatic heterocycles. The number of rotatable bonds is 1. The van der Waals surface area contributed by atoms with Crippen molar-refractivity contribution in [3.8, 4) is 0 Å². The van der Waals surface area contributed by atoms with Crippen LogP contribution >= 0.6 is 11.3 Å². The van der Waals surface area contributed by atoms with E-state index in [9.17, 15) is 4.79 Å². The van der Waals surface area contributed by atoms with Crippen LogP contribution in [0, 0.1) is 0 Å². The molecule has 12 heavy (non-hydrogen) atoms. The Bertz CT molecular complexity index is 436. The summed E-state index contributed by atoms with van der Waals surface area (Å²) in [6.07, 6.45) is 2.45. The Morgan fingerprint density at radius 1 is 1.58 bits per heavy atom. The molecule has 2 rings (SSSR count). The topological polar surface area (TPSA) is 56.0 Å². The van der Waals surface area contributed by atoms with Crippen molar-refractivity contribution in [2.24, 2.45) is 0 Å². The van der Waals surface area contributed by atoms with E-state index < -0.39 is 0 Å². The van der Waals surface area contributed by atoms with Crippen molar-refractivity contribution in [1.82, 2.24) is 4.98 Å². The molecule has 0 fully saturated rings. The lowest BCUT2D eigenvalue weighted by Gasteiger charge is -1.91. The lowest BCUT2D eigenvalue weighted by molar-refractivity contribution is 0.112. The maximum atomic E-state index is 10.4. The number of nitrogens with two attached hydrogens (primary N) is 1. The van der Waals surface area contributed by atoms with Gasteiger partial charge in [0.2, 0.25) is 0 Å². The molecule has 2 aromatic heterocycles. The number of hydrogen-bond acceptors (Lipinski definition) is 4. The molecule has 0 amide bonds. The summed E-state index contributed by atoms with van der Waals surface area (Å²) in [5.41, 5.74) is 6.35. The van der Waals surface area contributed by atoms with E-state index in [0.717, 1.165) is 16.5 Å². The molecule has 60 valence electrons. The van der Waals surface area contributed by atoms with E-state index in [-0.39, 0.29) is 0 Å². The van der Waals surface area contributed by atoms with Gasteiger partial charge >= 0.3 is 0 Å². The van der Waals surface area contributed by atoms with Crippen molar-refractivity contribution in [3.63, 3.8) is 0 Å². The van der Waals surface area contributed by atoms with Gasteiger partial charge in [-0.15, -0.1) is 11.3 Å². The second kappa shape index (κ2) is 2.57. The molecule has 0 aliphatic carbocycles. The average Bonchev–Trinajstić information content (AvgIpc) is 2.49. The highest BCUT2D eigenvalue weighted by Crippen LogP contribution is 2.26. The lowest BCUT2D eigenvalue weighted by Crippen LogP contribution is -1.84. The van der Waals surface area contributed by atoms with Gasteiger partial charge in [0.25, 0.3) is 0 Å². The van der Waals surface area contributed by atoms with Crippen molar-refractivity contribution < 1.29 is 4.79 Å². The van der Waals surface area contributed by atoms with E-state index in [1.165, 1.54) is 11.3 Å². The number of hydrogen-bond donors (Lipinski definition) is 1. The number of aromatic nitrogens is 1. The number of carbonyl (C=O) groups excluding carboxylic acids is 1. The van der Waals surface area contributed by atoms with Crippen LogP contribution in [0.2, 0.25) is 0 Å². The second-order valence-electron chi connectivity index (χ2n) is 2.39. The van der Waals surface area contributed by atoms with E-state index in [1.807, 2.05) is 0 Å². The number of aldehydes is 1. The minimum atomic E-state index is 0.662. The number of nitrogens with zero attached hydrogens (tertiary/aromatic N) is 1. The Balaban J connectivity index is 2.82. The third kappa shape index (κ3) is 0.967. The van der Waals surface area contributed by atoms with Crippen LogP contribution in [-0.2, 0) is 0 Å². The quantitative estimate of drug-likeness (QED) is 0.676. The fourth-order valence-electron chi connectivity index (χ4n) is 1.04. The Kier molecular flexibility index (Phi) is 1.55. The van der Waals surface area contributed by atoms with Crippen LogP contribution in [0.3, 0.4) is 0 Å². The van der Waals surface area contributed by atoms with Crippen LogP contribution in [0.25, 0.3) is 10.2 Å². The van der Waals surface area contributed by atoms with Crippen molar-refractivity contribution in [2.45, 2.75) is 0 Å². The van der Waals surface area contributed by atoms with Gasteiger partial charge in [-0.05, 0) is 12.1 Å². The highest BCUT2D eigenvalue weighted by Gasteiger charge is 2.03. The van der Waals surface area contributed by atoms with Crippen molar-refractivity contribution in [1.29, 1.82) is 0 Å². The fourth-order valence-corrected chi connectivity index (χ4v) is 1.88. The molecule has 0 spiro atoms. The first-order valence-electron chi connectivity index (χ1n) is 3.40. The smallest absolute Gasteiger partial charge is 0.160 e. The van der Waals surface area contributed by atoms with Gasteiger partial charge in [-0.1, -0.05) is 0 Å². The van der Waals surface area contributed by atoms with Gasteiger partial charge in [-0.2, -0.15) is 0 Å². The molecule has 2 aromatic rings. The molecule has 0 aliphatic rings. The normalized spacial score (nSPS) is 10.3. The van der Waals surface area contributed by atoms with E-state index >= 15 is 0 Å². The van der Waals surface area contributed by atoms with Gasteiger partial charge in [0.15, 0.2) is 6.29 Å². The summed E-state index contributed by atoms with van der Waals surface area (Å²) in [6.45, 7) is 0. The van der Waals surface area contributed by atoms with Gasteiger partial charge < -0.3 is 5.73 Å². The largest absolute Gasteiger partial charge is 0.398 e. The van der Waals surface area contributed by atoms with Gasteiger partial charge in [-0.3, -0.25) is 4.79 Å². The van der Waals surface area contributed by atoms with Gasteiger partial charge in [0.1, 0.15) is 4.83 Å². The van der Waals surface area contributed by atoms with Gasteiger partial charge in [-0.25, -0.2) is 4.98 Å². The third-order valence-electron chi connectivity index (χ3n) is 1.60. The van der Waals surface area contributed by atoms with E-state index in [4.69, 9.17) is 5.73 Å². The van der Waals surface area contributed by atoms with E-state index in [1.54, 1.807) is 18.3 Å². The van der Waals surface area contributed by atoms with Crippen LogP contribution in [-0.4, -0.2) is 11.3 Å². The zero-order valence-corrected chi connectivity index (χ0v) is 6.97. The monoisotopic (exact) mass is 178 g/mol. The number of carbonyl (C=O) groups is 1. The first-order valence-corrected chi connectivity index (χ1v) is 4.22. The zero-order valence-electron chi connectivity index (χ0n) is 6.15. The number of nitrogen functional groups attached to an aromatic ring is 1. The van der Waals surface area contributed by atoms with Gasteiger partial charge in [0, 0.05) is 17.3 Å². The first kappa shape index (κ1) is 7.24. The molecule has 0 saturated heterocycles. The summed E-state index contributed by atoms with van der Waals surface area (Å²) in [6, 6.07) is 3.49. The fraction of sp³-hybridized carbons (Fsp3) is 0. The predicted octanol–water partition coefficient (Wildman–Crippen LogP) is 1.69. The highest BCUT2D eigenvalue weighted by atomic mass is 32.1. The Morgan fingerprint density at radius 2 is 2.42 bits per heavy atom. The summed E-state index contributed by atoms with van der Waals surface area (Å²) in [5, 5.41) is 0.865. The number of anilines is 1. The summed E-state index contributed by atoms with van der Waals surface area (Å²) in [5.74, 6) is 0. The molecule has 0 saturated carbocycles. The highest BCUT2D eigenvalue weighted by molar-refractivity contribution is 7.20. The van der Waals surface area contributed by atoms with Crippen molar-refractivity contribution >= 4 is 33.5 Å². The van der Waals surface area contributed by atoms with E-state index in [2.05, 4.69) is 4.98 Å². The number of fused-ring (bicyclic) bond motifs is 1. The van der Waals surface area contributed by atoms with Crippen LogP contribution in [0.1, 0.15) is 9.67 Å². The van der Waals surface area contributed by atoms with Crippen LogP contribution in [0.5, 0.6) is 0 Å². The maximum Gasteiger partial charge on any atom is 0.160 e. The number of pyridine rings is 1.